The third kappa shape index (κ3) is 4.76. The van der Waals surface area contributed by atoms with Crippen LogP contribution in [0.4, 0.5) is 5.82 Å². The summed E-state index contributed by atoms with van der Waals surface area (Å²) in [5.74, 6) is 0.0356. The van der Waals surface area contributed by atoms with E-state index in [2.05, 4.69) is 29.9 Å². The molecule has 0 spiro atoms. The molecule has 3 aliphatic rings. The minimum atomic E-state index is -5.21. The Morgan fingerprint density at radius 2 is 1.73 bits per heavy atom. The minimum absolute atomic E-state index is 0.0356. The highest BCUT2D eigenvalue weighted by atomic mass is 31.2. The summed E-state index contributed by atoms with van der Waals surface area (Å²) < 4.78 is 61.2. The van der Waals surface area contributed by atoms with Gasteiger partial charge in [0.2, 0.25) is 5.72 Å². The molecule has 0 aromatic carbocycles. The van der Waals surface area contributed by atoms with Crippen molar-refractivity contribution in [3.8, 4) is 0 Å². The number of phosphoric ester groups is 2. The van der Waals surface area contributed by atoms with Crippen molar-refractivity contribution < 1.29 is 56.7 Å². The van der Waals surface area contributed by atoms with E-state index in [0.29, 0.717) is 0 Å². The molecule has 44 heavy (non-hydrogen) atoms. The molecule has 7 heterocycles. The summed E-state index contributed by atoms with van der Waals surface area (Å²) in [5, 5.41) is 22.4. The molecule has 0 radical (unpaired) electrons. The molecule has 4 aromatic heterocycles. The maximum Gasteiger partial charge on any atom is 0.474 e. The summed E-state index contributed by atoms with van der Waals surface area (Å²) in [6, 6.07) is 0. The van der Waals surface area contributed by atoms with Crippen LogP contribution >= 0.6 is 15.6 Å². The SMILES string of the molecule is Nc1ncnc2c1ncn2[C@@H]1OC2COP(=O)(O)O[C@]3(n4cnc5c(=O)[nH]cnc54)CO[C@H](COP(=O)(O)O[C@H]2[C@H]1O)[C@H]3O. The van der Waals surface area contributed by atoms with Gasteiger partial charge in [0.25, 0.3) is 5.56 Å². The van der Waals surface area contributed by atoms with Gasteiger partial charge in [-0.1, -0.05) is 0 Å². The minimum Gasteiger partial charge on any atom is -0.386 e. The van der Waals surface area contributed by atoms with Gasteiger partial charge < -0.3 is 40.2 Å². The third-order valence-electron chi connectivity index (χ3n) is 7.37. The summed E-state index contributed by atoms with van der Waals surface area (Å²) in [4.78, 5) is 56.0. The topological polar surface area (TPSA) is 304 Å². The second-order valence-electron chi connectivity index (χ2n) is 9.99. The van der Waals surface area contributed by atoms with Crippen LogP contribution in [0.2, 0.25) is 0 Å². The van der Waals surface area contributed by atoms with Crippen LogP contribution in [-0.4, -0.2) is 109 Å². The largest absolute Gasteiger partial charge is 0.474 e. The Labute approximate surface area is 243 Å². The van der Waals surface area contributed by atoms with Crippen LogP contribution in [-0.2, 0) is 42.4 Å². The molecule has 7 N–H and O–H groups in total. The number of H-pyrrole nitrogens is 1. The Hall–Kier alpha value is -3.24. The number of nitrogens with zero attached hydrogens (tertiary/aromatic N) is 7. The summed E-state index contributed by atoms with van der Waals surface area (Å²) in [6.07, 6.45) is -5.12. The predicted octanol–water partition coefficient (Wildman–Crippen LogP) is -2.14. The number of nitrogens with two attached hydrogens (primary N) is 1. The number of aliphatic hydroxyl groups excluding tert-OH is 2. The number of fused-ring (bicyclic) bond motifs is 5. The molecular formula is C20H23N9O13P2. The van der Waals surface area contributed by atoms with Gasteiger partial charge in [-0.2, -0.15) is 0 Å². The van der Waals surface area contributed by atoms with Gasteiger partial charge in [0, 0.05) is 0 Å². The Bertz CT molecular complexity index is 1900. The standard InChI is InChI=1S/C20H23N9O13P2/c21-15-10-16(23-4-22-15)28(6-26-10)19-12(30)13-8(40-19)1-39-44(35,36)42-20(29-7-27-11-17(29)24-5-25-18(11)32)3-37-9(14(20)31)2-38-43(33,34)41-13/h4-9,12-14,19,30-31H,1-3H2,(H,33,34)(H,35,36)(H2,21,22,23)(H,24,25,32)/t8?,9-,12-,13-,14-,19-,20-/m1/s1. The molecular weight excluding hydrogens is 636 g/mol. The maximum absolute atomic E-state index is 13.4. The molecule has 236 valence electrons. The van der Waals surface area contributed by atoms with E-state index in [1.165, 1.54) is 10.9 Å². The van der Waals surface area contributed by atoms with Crippen LogP contribution in [0.25, 0.3) is 22.3 Å². The van der Waals surface area contributed by atoms with Gasteiger partial charge in [0.05, 0.1) is 38.8 Å². The zero-order valence-corrected chi connectivity index (χ0v) is 23.7. The number of aromatic nitrogens is 8. The second-order valence-corrected chi connectivity index (χ2v) is 12.8. The van der Waals surface area contributed by atoms with Crippen LogP contribution < -0.4 is 11.3 Å². The van der Waals surface area contributed by atoms with Crippen LogP contribution in [0, 0.1) is 0 Å². The first-order valence-electron chi connectivity index (χ1n) is 12.7. The number of ether oxygens (including phenoxy) is 2. The highest BCUT2D eigenvalue weighted by Crippen LogP contribution is 2.55. The molecule has 9 atom stereocenters. The van der Waals surface area contributed by atoms with Gasteiger partial charge in [0.15, 0.2) is 28.9 Å². The number of imidazole rings is 2. The quantitative estimate of drug-likeness (QED) is 0.125. The van der Waals surface area contributed by atoms with E-state index < -0.39 is 83.5 Å². The number of aliphatic hydroxyl groups is 2. The van der Waals surface area contributed by atoms with Crippen molar-refractivity contribution >= 4 is 43.8 Å². The van der Waals surface area contributed by atoms with Crippen molar-refractivity contribution in [3.63, 3.8) is 0 Å². The number of hydrogen-bond donors (Lipinski definition) is 6. The average molecular weight is 659 g/mol. The Morgan fingerprint density at radius 1 is 0.977 bits per heavy atom. The van der Waals surface area contributed by atoms with E-state index >= 15 is 0 Å². The summed E-state index contributed by atoms with van der Waals surface area (Å²) in [7, 11) is -10.3. The summed E-state index contributed by atoms with van der Waals surface area (Å²) >= 11 is 0. The molecule has 0 aliphatic carbocycles. The van der Waals surface area contributed by atoms with E-state index in [-0.39, 0.29) is 28.1 Å². The van der Waals surface area contributed by atoms with Crippen LogP contribution in [0.1, 0.15) is 6.23 Å². The zero-order chi connectivity index (χ0) is 31.0. The van der Waals surface area contributed by atoms with Gasteiger partial charge in [-0.3, -0.25) is 32.0 Å². The first-order valence-corrected chi connectivity index (χ1v) is 15.7. The van der Waals surface area contributed by atoms with Gasteiger partial charge in [0.1, 0.15) is 42.4 Å². The number of nitrogen functional groups attached to an aromatic ring is 1. The molecule has 3 saturated heterocycles. The van der Waals surface area contributed by atoms with E-state index in [1.54, 1.807) is 0 Å². The van der Waals surface area contributed by atoms with Crippen LogP contribution in [0.5, 0.6) is 0 Å². The first-order chi connectivity index (χ1) is 20.9. The van der Waals surface area contributed by atoms with E-state index in [0.717, 1.165) is 23.5 Å². The van der Waals surface area contributed by atoms with Gasteiger partial charge >= 0.3 is 15.6 Å². The van der Waals surface area contributed by atoms with Crippen LogP contribution in [0.15, 0.2) is 30.1 Å². The summed E-state index contributed by atoms with van der Waals surface area (Å²) in [5.41, 5.74) is 2.86. The third-order valence-corrected chi connectivity index (χ3v) is 9.38. The van der Waals surface area contributed by atoms with E-state index in [1.807, 2.05) is 0 Å². The van der Waals surface area contributed by atoms with Crippen molar-refractivity contribution in [3.05, 3.63) is 35.7 Å². The van der Waals surface area contributed by atoms with Gasteiger partial charge in [-0.05, 0) is 0 Å². The highest BCUT2D eigenvalue weighted by molar-refractivity contribution is 7.47. The van der Waals surface area contributed by atoms with E-state index in [4.69, 9.17) is 33.3 Å². The number of nitrogens with one attached hydrogen (secondary N) is 1. The molecule has 0 amide bonds. The fourth-order valence-corrected chi connectivity index (χ4v) is 7.31. The lowest BCUT2D eigenvalue weighted by atomic mass is 10.1. The number of phosphoric acid groups is 2. The van der Waals surface area contributed by atoms with Crippen molar-refractivity contribution in [2.24, 2.45) is 0 Å². The first kappa shape index (κ1) is 29.5. The smallest absolute Gasteiger partial charge is 0.386 e. The van der Waals surface area contributed by atoms with Crippen LogP contribution in [0.3, 0.4) is 0 Å². The lowest BCUT2D eigenvalue weighted by Gasteiger charge is -2.34. The normalized spacial score (nSPS) is 38.3. The number of anilines is 1. The lowest BCUT2D eigenvalue weighted by molar-refractivity contribution is -0.109. The second kappa shape index (κ2) is 10.4. The molecule has 4 aromatic rings. The molecule has 7 rings (SSSR count). The average Bonchev–Trinajstić information content (AvgIpc) is 3.73. The molecule has 3 fully saturated rings. The maximum atomic E-state index is 13.4. The fourth-order valence-electron chi connectivity index (χ4n) is 5.31. The predicted molar refractivity (Wildman–Crippen MR) is 139 cm³/mol. The molecule has 0 saturated carbocycles. The number of hydrogen-bond acceptors (Lipinski definition) is 17. The van der Waals surface area contributed by atoms with Crippen molar-refractivity contribution in [2.45, 2.75) is 42.5 Å². The molecule has 3 aliphatic heterocycles. The Kier molecular flexibility index (Phi) is 6.97. The molecule has 24 heteroatoms. The molecule has 3 unspecified atom stereocenters. The van der Waals surface area contributed by atoms with Gasteiger partial charge in [-0.25, -0.2) is 34.0 Å². The summed E-state index contributed by atoms with van der Waals surface area (Å²) in [6.45, 7) is -2.29. The van der Waals surface area contributed by atoms with Crippen molar-refractivity contribution in [2.75, 3.05) is 25.6 Å². The Balaban J connectivity index is 1.25. The highest BCUT2D eigenvalue weighted by Gasteiger charge is 2.58. The zero-order valence-electron chi connectivity index (χ0n) is 22.0. The lowest BCUT2D eigenvalue weighted by Crippen LogP contribution is -2.48. The Morgan fingerprint density at radius 3 is 2.55 bits per heavy atom. The van der Waals surface area contributed by atoms with Gasteiger partial charge in [-0.15, -0.1) is 0 Å². The number of rotatable bonds is 2. The fraction of sp³-hybridized carbons (Fsp3) is 0.500. The monoisotopic (exact) mass is 659 g/mol. The molecule has 2 bridgehead atoms. The van der Waals surface area contributed by atoms with Crippen molar-refractivity contribution in [1.82, 2.24) is 39.0 Å². The molecule has 22 nitrogen and oxygen atoms in total. The number of aromatic amines is 1. The van der Waals surface area contributed by atoms with E-state index in [9.17, 15) is 33.9 Å². The van der Waals surface area contributed by atoms with Crippen molar-refractivity contribution in [1.29, 1.82) is 0 Å².